The van der Waals surface area contributed by atoms with Crippen molar-refractivity contribution in [2.45, 2.75) is 32.5 Å². The van der Waals surface area contributed by atoms with E-state index in [-0.39, 0.29) is 42.9 Å². The van der Waals surface area contributed by atoms with Crippen LogP contribution in [0.25, 0.3) is 0 Å². The minimum atomic E-state index is -0.246. The van der Waals surface area contributed by atoms with Crippen molar-refractivity contribution in [3.05, 3.63) is 16.1 Å². The highest BCUT2D eigenvalue weighted by Crippen LogP contribution is 2.21. The Morgan fingerprint density at radius 2 is 2.35 bits per heavy atom. The average molecular weight is 386 g/mol. The molecule has 1 N–H and O–H groups in total. The molecule has 23 heavy (non-hydrogen) atoms. The van der Waals surface area contributed by atoms with Crippen LogP contribution in [0.5, 0.6) is 0 Å². The summed E-state index contributed by atoms with van der Waals surface area (Å²) >= 11 is 1.57. The van der Waals surface area contributed by atoms with Crippen molar-refractivity contribution >= 4 is 42.1 Å². The van der Waals surface area contributed by atoms with E-state index < -0.39 is 0 Å². The predicted octanol–water partition coefficient (Wildman–Crippen LogP) is 2.03. The third-order valence-corrected chi connectivity index (χ3v) is 4.38. The van der Waals surface area contributed by atoms with E-state index >= 15 is 0 Å². The van der Waals surface area contributed by atoms with Crippen LogP contribution >= 0.6 is 36.2 Å². The van der Waals surface area contributed by atoms with Gasteiger partial charge in [-0.2, -0.15) is 0 Å². The lowest BCUT2D eigenvalue weighted by Crippen LogP contribution is -2.51. The maximum absolute atomic E-state index is 12.3. The number of nitrogens with one attached hydrogen (secondary N) is 1. The Hall–Kier alpha value is -0.440. The summed E-state index contributed by atoms with van der Waals surface area (Å²) < 4.78 is 10.9. The van der Waals surface area contributed by atoms with Crippen LogP contribution < -0.4 is 5.32 Å². The molecule has 2 heterocycles. The fourth-order valence-corrected chi connectivity index (χ4v) is 3.03. The molecule has 0 saturated carbocycles. The Labute approximate surface area is 153 Å². The molecule has 134 valence electrons. The fraction of sp³-hybridized carbons (Fsp3) is 0.714. The zero-order valence-electron chi connectivity index (χ0n) is 13.6. The summed E-state index contributed by atoms with van der Waals surface area (Å²) in [6, 6.07) is -0.246. The van der Waals surface area contributed by atoms with Gasteiger partial charge < -0.3 is 19.7 Å². The van der Waals surface area contributed by atoms with Gasteiger partial charge in [-0.15, -0.1) is 36.2 Å². The minimum absolute atomic E-state index is 0. The Kier molecular flexibility index (Phi) is 11.0. The topological polar surface area (TPSA) is 63.7 Å². The number of rotatable bonds is 6. The number of hydrogen-bond acceptors (Lipinski definition) is 6. The van der Waals surface area contributed by atoms with Crippen LogP contribution in [0.15, 0.2) is 5.38 Å². The van der Waals surface area contributed by atoms with Gasteiger partial charge in [0.15, 0.2) is 0 Å². The molecule has 1 aliphatic heterocycles. The summed E-state index contributed by atoms with van der Waals surface area (Å²) in [5, 5.41) is 6.11. The van der Waals surface area contributed by atoms with Crippen molar-refractivity contribution in [1.29, 1.82) is 0 Å². The quantitative estimate of drug-likeness (QED) is 0.811. The molecule has 0 aromatic carbocycles. The Morgan fingerprint density at radius 1 is 1.61 bits per heavy atom. The SMILES string of the molecule is CCOC(C)c1nc(CN(C)C(=O)C2COCCN2)cs1.Cl.Cl. The molecular weight excluding hydrogens is 361 g/mol. The van der Waals surface area contributed by atoms with E-state index in [0.29, 0.717) is 26.4 Å². The Bertz CT molecular complexity index is 470. The molecule has 1 fully saturated rings. The highest BCUT2D eigenvalue weighted by atomic mass is 35.5. The molecule has 1 aromatic rings. The minimum Gasteiger partial charge on any atom is -0.378 e. The molecule has 1 aromatic heterocycles. The van der Waals surface area contributed by atoms with Crippen molar-refractivity contribution < 1.29 is 14.3 Å². The molecule has 2 unspecified atom stereocenters. The largest absolute Gasteiger partial charge is 0.378 e. The van der Waals surface area contributed by atoms with Gasteiger partial charge in [-0.05, 0) is 13.8 Å². The molecule has 1 aliphatic rings. The molecule has 1 saturated heterocycles. The van der Waals surface area contributed by atoms with Gasteiger partial charge >= 0.3 is 0 Å². The first-order chi connectivity index (χ1) is 10.1. The van der Waals surface area contributed by atoms with Crippen molar-refractivity contribution in [1.82, 2.24) is 15.2 Å². The normalized spacial score (nSPS) is 18.5. The van der Waals surface area contributed by atoms with Crippen molar-refractivity contribution in [3.8, 4) is 0 Å². The van der Waals surface area contributed by atoms with Crippen LogP contribution in [-0.4, -0.2) is 55.2 Å². The maximum Gasteiger partial charge on any atom is 0.242 e. The number of carbonyl (C=O) groups excluding carboxylic acids is 1. The average Bonchev–Trinajstić information content (AvgIpc) is 2.96. The number of thiazole rings is 1. The number of ether oxygens (including phenoxy) is 2. The summed E-state index contributed by atoms with van der Waals surface area (Å²) in [5.74, 6) is 0.0436. The number of aromatic nitrogens is 1. The lowest BCUT2D eigenvalue weighted by atomic mass is 10.2. The molecule has 9 heteroatoms. The fourth-order valence-electron chi connectivity index (χ4n) is 2.21. The summed E-state index contributed by atoms with van der Waals surface area (Å²) in [7, 11) is 1.80. The molecule has 6 nitrogen and oxygen atoms in total. The number of amides is 1. The molecule has 2 rings (SSSR count). The molecule has 1 amide bonds. The first-order valence-corrected chi connectivity index (χ1v) is 8.11. The first kappa shape index (κ1) is 22.6. The smallest absolute Gasteiger partial charge is 0.242 e. The number of halogens is 2. The lowest BCUT2D eigenvalue weighted by molar-refractivity contribution is -0.135. The van der Waals surface area contributed by atoms with Crippen LogP contribution in [0.2, 0.25) is 0 Å². The number of nitrogens with zero attached hydrogens (tertiary/aromatic N) is 2. The molecular formula is C14H25Cl2N3O3S. The van der Waals surface area contributed by atoms with Gasteiger partial charge in [0.1, 0.15) is 17.2 Å². The highest BCUT2D eigenvalue weighted by molar-refractivity contribution is 7.09. The molecule has 0 radical (unpaired) electrons. The van der Waals surface area contributed by atoms with Gasteiger partial charge in [-0.25, -0.2) is 4.98 Å². The van der Waals surface area contributed by atoms with E-state index in [0.717, 1.165) is 17.2 Å². The predicted molar refractivity (Wildman–Crippen MR) is 95.7 cm³/mol. The summed E-state index contributed by atoms with van der Waals surface area (Å²) in [6.45, 7) is 6.96. The second-order valence-corrected chi connectivity index (χ2v) is 5.94. The lowest BCUT2D eigenvalue weighted by Gasteiger charge is -2.27. The zero-order chi connectivity index (χ0) is 15.2. The van der Waals surface area contributed by atoms with Gasteiger partial charge in [-0.3, -0.25) is 4.79 Å². The zero-order valence-corrected chi connectivity index (χ0v) is 16.1. The highest BCUT2D eigenvalue weighted by Gasteiger charge is 2.24. The Morgan fingerprint density at radius 3 is 2.96 bits per heavy atom. The molecule has 0 aliphatic carbocycles. The van der Waals surface area contributed by atoms with Gasteiger partial charge in [-0.1, -0.05) is 0 Å². The summed E-state index contributed by atoms with van der Waals surface area (Å²) in [5.41, 5.74) is 0.897. The van der Waals surface area contributed by atoms with Crippen molar-refractivity contribution in [2.24, 2.45) is 0 Å². The number of carbonyl (C=O) groups is 1. The van der Waals surface area contributed by atoms with Crippen LogP contribution in [0.1, 0.15) is 30.7 Å². The third-order valence-electron chi connectivity index (χ3n) is 3.33. The summed E-state index contributed by atoms with van der Waals surface area (Å²) in [4.78, 5) is 18.5. The van der Waals surface area contributed by atoms with Crippen LogP contribution in [0.3, 0.4) is 0 Å². The number of hydrogen-bond donors (Lipinski definition) is 1. The van der Waals surface area contributed by atoms with E-state index in [9.17, 15) is 4.79 Å². The van der Waals surface area contributed by atoms with Crippen LogP contribution in [-0.2, 0) is 20.8 Å². The number of likely N-dealkylation sites (N-methyl/N-ethyl adjacent to an activating group) is 1. The summed E-state index contributed by atoms with van der Waals surface area (Å²) in [6.07, 6.45) is 0.00293. The third kappa shape index (κ3) is 6.52. The van der Waals surface area contributed by atoms with E-state index in [1.807, 2.05) is 19.2 Å². The van der Waals surface area contributed by atoms with Gasteiger partial charge in [0.2, 0.25) is 5.91 Å². The maximum atomic E-state index is 12.3. The second kappa shape index (κ2) is 11.2. The standard InChI is InChI=1S/C14H23N3O3S.2ClH/c1-4-20-10(2)13-16-11(9-21-13)7-17(3)14(18)12-8-19-6-5-15-12;;/h9-10,12,15H,4-8H2,1-3H3;2*1H. The van der Waals surface area contributed by atoms with Gasteiger partial charge in [0, 0.05) is 25.6 Å². The van der Waals surface area contributed by atoms with Gasteiger partial charge in [0.25, 0.3) is 0 Å². The van der Waals surface area contributed by atoms with Crippen molar-refractivity contribution in [3.63, 3.8) is 0 Å². The molecule has 2 atom stereocenters. The van der Waals surface area contributed by atoms with E-state index in [1.54, 1.807) is 23.3 Å². The Balaban J connectivity index is 0.00000242. The number of morpholine rings is 1. The van der Waals surface area contributed by atoms with Crippen molar-refractivity contribution in [2.75, 3.05) is 33.4 Å². The van der Waals surface area contributed by atoms with Crippen LogP contribution in [0, 0.1) is 0 Å². The molecule has 0 spiro atoms. The van der Waals surface area contributed by atoms with Crippen LogP contribution in [0.4, 0.5) is 0 Å². The van der Waals surface area contributed by atoms with E-state index in [1.165, 1.54) is 0 Å². The van der Waals surface area contributed by atoms with Gasteiger partial charge in [0.05, 0.1) is 25.5 Å². The second-order valence-electron chi connectivity index (χ2n) is 5.05. The van der Waals surface area contributed by atoms with E-state index in [2.05, 4.69) is 10.3 Å². The monoisotopic (exact) mass is 385 g/mol. The first-order valence-electron chi connectivity index (χ1n) is 7.23. The van der Waals surface area contributed by atoms with E-state index in [4.69, 9.17) is 9.47 Å². The molecule has 0 bridgehead atoms.